The van der Waals surface area contributed by atoms with Crippen LogP contribution in [0.15, 0.2) is 35.7 Å². The zero-order chi connectivity index (χ0) is 14.7. The SMILES string of the molecule is O=C(O)c1csc(CNc2nnnn2-c2ccccc2)n1. The van der Waals surface area contributed by atoms with Gasteiger partial charge in [-0.2, -0.15) is 4.68 Å². The fourth-order valence-corrected chi connectivity index (χ4v) is 2.39. The van der Waals surface area contributed by atoms with Gasteiger partial charge in [0.2, 0.25) is 5.95 Å². The molecule has 0 radical (unpaired) electrons. The first kappa shape index (κ1) is 13.2. The highest BCUT2D eigenvalue weighted by atomic mass is 32.1. The molecule has 106 valence electrons. The van der Waals surface area contributed by atoms with Crippen LogP contribution in [0.3, 0.4) is 0 Å². The molecule has 0 bridgehead atoms. The number of para-hydroxylation sites is 1. The van der Waals surface area contributed by atoms with Gasteiger partial charge in [0.15, 0.2) is 5.69 Å². The number of hydrogen-bond acceptors (Lipinski definition) is 7. The summed E-state index contributed by atoms with van der Waals surface area (Å²) in [6.07, 6.45) is 0. The third kappa shape index (κ3) is 2.87. The second kappa shape index (κ2) is 5.67. The zero-order valence-electron chi connectivity index (χ0n) is 10.7. The lowest BCUT2D eigenvalue weighted by atomic mass is 10.3. The highest BCUT2D eigenvalue weighted by Crippen LogP contribution is 2.14. The van der Waals surface area contributed by atoms with Crippen LogP contribution < -0.4 is 5.32 Å². The molecule has 0 saturated heterocycles. The minimum absolute atomic E-state index is 0.0412. The van der Waals surface area contributed by atoms with Crippen molar-refractivity contribution in [1.82, 2.24) is 25.2 Å². The van der Waals surface area contributed by atoms with E-state index in [2.05, 4.69) is 25.8 Å². The predicted octanol–water partition coefficient (Wildman–Crippen LogP) is 1.43. The maximum absolute atomic E-state index is 10.8. The summed E-state index contributed by atoms with van der Waals surface area (Å²) >= 11 is 1.27. The van der Waals surface area contributed by atoms with Gasteiger partial charge < -0.3 is 10.4 Å². The fraction of sp³-hybridized carbons (Fsp3) is 0.0833. The van der Waals surface area contributed by atoms with Gasteiger partial charge >= 0.3 is 5.97 Å². The van der Waals surface area contributed by atoms with E-state index in [0.717, 1.165) is 5.69 Å². The molecule has 21 heavy (non-hydrogen) atoms. The Morgan fingerprint density at radius 2 is 2.14 bits per heavy atom. The molecule has 3 aromatic rings. The highest BCUT2D eigenvalue weighted by molar-refractivity contribution is 7.09. The van der Waals surface area contributed by atoms with E-state index >= 15 is 0 Å². The van der Waals surface area contributed by atoms with Crippen molar-refractivity contribution in [1.29, 1.82) is 0 Å². The number of tetrazole rings is 1. The Morgan fingerprint density at radius 1 is 1.33 bits per heavy atom. The van der Waals surface area contributed by atoms with E-state index < -0.39 is 5.97 Å². The quantitative estimate of drug-likeness (QED) is 0.734. The van der Waals surface area contributed by atoms with Crippen molar-refractivity contribution in [3.63, 3.8) is 0 Å². The zero-order valence-corrected chi connectivity index (χ0v) is 11.5. The summed E-state index contributed by atoms with van der Waals surface area (Å²) in [5, 5.41) is 25.5. The van der Waals surface area contributed by atoms with E-state index in [1.807, 2.05) is 30.3 Å². The number of aromatic carboxylic acids is 1. The Hall–Kier alpha value is -2.81. The van der Waals surface area contributed by atoms with Crippen molar-refractivity contribution < 1.29 is 9.90 Å². The Bertz CT molecular complexity index is 754. The average Bonchev–Trinajstić information content (AvgIpc) is 3.15. The van der Waals surface area contributed by atoms with E-state index in [1.54, 1.807) is 4.68 Å². The Balaban J connectivity index is 1.74. The number of carboxylic acids is 1. The van der Waals surface area contributed by atoms with Gasteiger partial charge in [0.25, 0.3) is 0 Å². The number of nitrogens with zero attached hydrogens (tertiary/aromatic N) is 5. The molecule has 3 rings (SSSR count). The molecular weight excluding hydrogens is 292 g/mol. The molecule has 1 aromatic carbocycles. The monoisotopic (exact) mass is 302 g/mol. The van der Waals surface area contributed by atoms with Gasteiger partial charge in [-0.1, -0.05) is 23.3 Å². The third-order valence-corrected chi connectivity index (χ3v) is 3.49. The highest BCUT2D eigenvalue weighted by Gasteiger charge is 2.11. The lowest BCUT2D eigenvalue weighted by Crippen LogP contribution is -2.07. The molecule has 0 aliphatic rings. The van der Waals surface area contributed by atoms with E-state index in [-0.39, 0.29) is 5.69 Å². The van der Waals surface area contributed by atoms with Crippen LogP contribution in [0.5, 0.6) is 0 Å². The van der Waals surface area contributed by atoms with Crippen molar-refractivity contribution in [3.05, 3.63) is 46.4 Å². The van der Waals surface area contributed by atoms with Crippen LogP contribution in [0.1, 0.15) is 15.5 Å². The smallest absolute Gasteiger partial charge is 0.355 e. The summed E-state index contributed by atoms with van der Waals surface area (Å²) in [4.78, 5) is 14.8. The number of rotatable bonds is 5. The van der Waals surface area contributed by atoms with Crippen LogP contribution in [0.25, 0.3) is 5.69 Å². The molecule has 0 atom stereocenters. The van der Waals surface area contributed by atoms with Crippen LogP contribution in [-0.4, -0.2) is 36.3 Å². The summed E-state index contributed by atoms with van der Waals surface area (Å²) < 4.78 is 1.56. The first-order valence-electron chi connectivity index (χ1n) is 5.99. The second-order valence-electron chi connectivity index (χ2n) is 4.04. The van der Waals surface area contributed by atoms with Crippen LogP contribution in [0, 0.1) is 0 Å². The van der Waals surface area contributed by atoms with Crippen LogP contribution in [0.4, 0.5) is 5.95 Å². The topological polar surface area (TPSA) is 106 Å². The number of hydrogen-bond donors (Lipinski definition) is 2. The van der Waals surface area contributed by atoms with E-state index in [9.17, 15) is 4.79 Å². The molecule has 0 unspecified atom stereocenters. The molecule has 0 saturated carbocycles. The first-order valence-corrected chi connectivity index (χ1v) is 6.87. The number of thiazole rings is 1. The molecule has 2 aromatic heterocycles. The number of aromatic nitrogens is 5. The maximum Gasteiger partial charge on any atom is 0.355 e. The van der Waals surface area contributed by atoms with Crippen molar-refractivity contribution in [3.8, 4) is 5.69 Å². The Labute approximate surface area is 123 Å². The summed E-state index contributed by atoms with van der Waals surface area (Å²) in [5.41, 5.74) is 0.870. The maximum atomic E-state index is 10.8. The number of anilines is 1. The van der Waals surface area contributed by atoms with Gasteiger partial charge in [-0.05, 0) is 22.6 Å². The van der Waals surface area contributed by atoms with E-state index in [0.29, 0.717) is 17.5 Å². The number of benzene rings is 1. The minimum Gasteiger partial charge on any atom is -0.476 e. The Kier molecular flexibility index (Phi) is 3.56. The molecule has 0 spiro atoms. The molecule has 9 heteroatoms. The van der Waals surface area contributed by atoms with E-state index in [4.69, 9.17) is 5.11 Å². The third-order valence-electron chi connectivity index (χ3n) is 2.64. The van der Waals surface area contributed by atoms with Crippen molar-refractivity contribution in [2.45, 2.75) is 6.54 Å². The molecule has 2 heterocycles. The van der Waals surface area contributed by atoms with Crippen molar-refractivity contribution in [2.24, 2.45) is 0 Å². The average molecular weight is 302 g/mol. The molecule has 0 aliphatic carbocycles. The predicted molar refractivity (Wildman–Crippen MR) is 75.6 cm³/mol. The molecule has 2 N–H and O–H groups in total. The molecule has 8 nitrogen and oxygen atoms in total. The van der Waals surface area contributed by atoms with Gasteiger partial charge in [-0.15, -0.1) is 11.3 Å². The minimum atomic E-state index is -1.04. The second-order valence-corrected chi connectivity index (χ2v) is 4.98. The largest absolute Gasteiger partial charge is 0.476 e. The van der Waals surface area contributed by atoms with Gasteiger partial charge in [0.1, 0.15) is 5.01 Å². The van der Waals surface area contributed by atoms with Crippen molar-refractivity contribution >= 4 is 23.3 Å². The van der Waals surface area contributed by atoms with E-state index in [1.165, 1.54) is 16.7 Å². The number of carbonyl (C=O) groups is 1. The van der Waals surface area contributed by atoms with Gasteiger partial charge in [-0.3, -0.25) is 0 Å². The van der Waals surface area contributed by atoms with Crippen LogP contribution in [0.2, 0.25) is 0 Å². The van der Waals surface area contributed by atoms with Crippen LogP contribution in [-0.2, 0) is 6.54 Å². The lowest BCUT2D eigenvalue weighted by Gasteiger charge is -2.05. The standard InChI is InChI=1S/C12H10N6O2S/c19-11(20)9-7-21-10(14-9)6-13-12-15-16-17-18(12)8-4-2-1-3-5-8/h1-5,7H,6H2,(H,19,20)(H,13,15,17). The van der Waals surface area contributed by atoms with Gasteiger partial charge in [0, 0.05) is 5.38 Å². The molecular formula is C12H10N6O2S. The van der Waals surface area contributed by atoms with Gasteiger partial charge in [-0.25, -0.2) is 9.78 Å². The summed E-state index contributed by atoms with van der Waals surface area (Å²) in [5.74, 6) is -0.570. The normalized spacial score (nSPS) is 10.5. The summed E-state index contributed by atoms with van der Waals surface area (Å²) in [7, 11) is 0. The molecule has 0 fully saturated rings. The summed E-state index contributed by atoms with van der Waals surface area (Å²) in [6.45, 7) is 0.352. The molecule has 0 aliphatic heterocycles. The Morgan fingerprint density at radius 3 is 2.86 bits per heavy atom. The van der Waals surface area contributed by atoms with Crippen molar-refractivity contribution in [2.75, 3.05) is 5.32 Å². The van der Waals surface area contributed by atoms with Crippen LogP contribution >= 0.6 is 11.3 Å². The first-order chi connectivity index (χ1) is 10.2. The fourth-order valence-electron chi connectivity index (χ4n) is 1.69. The molecule has 0 amide bonds. The summed E-state index contributed by atoms with van der Waals surface area (Å²) in [6, 6.07) is 9.45. The lowest BCUT2D eigenvalue weighted by molar-refractivity contribution is 0.0691. The van der Waals surface area contributed by atoms with Gasteiger partial charge in [0.05, 0.1) is 12.2 Å². The number of carboxylic acid groups (broad SMARTS) is 1. The number of nitrogens with one attached hydrogen (secondary N) is 1.